The number of hydrogen-bond acceptors (Lipinski definition) is 3. The number of anilines is 1. The molecule has 3 heteroatoms. The van der Waals surface area contributed by atoms with Gasteiger partial charge in [-0.05, 0) is 30.7 Å². The molecule has 0 saturated carbocycles. The Kier molecular flexibility index (Phi) is 3.33. The monoisotopic (exact) mass is 242 g/mol. The standard InChI is InChI=1S/C15H18N2O/c1-2-5-14(6-3-1)17-9-8-13(12-17)16-11-15-7-4-10-18-15/h1-7,10,13,16H,8-9,11-12H2/t13-/m1/s1. The molecule has 18 heavy (non-hydrogen) atoms. The second-order valence-electron chi connectivity index (χ2n) is 4.73. The summed E-state index contributed by atoms with van der Waals surface area (Å²) in [4.78, 5) is 2.43. The first-order chi connectivity index (χ1) is 8.92. The third-order valence-electron chi connectivity index (χ3n) is 3.45. The van der Waals surface area contributed by atoms with Crippen LogP contribution in [0.3, 0.4) is 0 Å². The lowest BCUT2D eigenvalue weighted by Crippen LogP contribution is -2.31. The minimum Gasteiger partial charge on any atom is -0.468 e. The van der Waals surface area contributed by atoms with E-state index >= 15 is 0 Å². The third kappa shape index (κ3) is 2.57. The highest BCUT2D eigenvalue weighted by atomic mass is 16.3. The summed E-state index contributed by atoms with van der Waals surface area (Å²) in [5.74, 6) is 1.01. The Hall–Kier alpha value is -1.74. The van der Waals surface area contributed by atoms with Crippen LogP contribution in [-0.4, -0.2) is 19.1 Å². The van der Waals surface area contributed by atoms with Gasteiger partial charge in [0.25, 0.3) is 0 Å². The molecule has 0 spiro atoms. The maximum atomic E-state index is 5.33. The zero-order valence-electron chi connectivity index (χ0n) is 10.4. The van der Waals surface area contributed by atoms with Crippen LogP contribution in [0.1, 0.15) is 12.2 Å². The van der Waals surface area contributed by atoms with Crippen LogP contribution in [0.4, 0.5) is 5.69 Å². The number of hydrogen-bond donors (Lipinski definition) is 1. The quantitative estimate of drug-likeness (QED) is 0.893. The van der Waals surface area contributed by atoms with E-state index in [2.05, 4.69) is 40.5 Å². The molecule has 0 unspecified atom stereocenters. The molecule has 1 aliphatic heterocycles. The summed E-state index contributed by atoms with van der Waals surface area (Å²) < 4.78 is 5.33. The molecule has 1 aromatic carbocycles. The lowest BCUT2D eigenvalue weighted by atomic mass is 10.2. The van der Waals surface area contributed by atoms with Gasteiger partial charge in [-0.15, -0.1) is 0 Å². The fourth-order valence-corrected chi connectivity index (χ4v) is 2.46. The largest absolute Gasteiger partial charge is 0.468 e. The molecule has 2 aromatic rings. The number of benzene rings is 1. The van der Waals surface area contributed by atoms with Crippen LogP contribution >= 0.6 is 0 Å². The van der Waals surface area contributed by atoms with E-state index in [-0.39, 0.29) is 0 Å². The van der Waals surface area contributed by atoms with Crippen molar-refractivity contribution in [3.8, 4) is 0 Å². The van der Waals surface area contributed by atoms with Crippen molar-refractivity contribution in [2.45, 2.75) is 19.0 Å². The van der Waals surface area contributed by atoms with Crippen molar-refractivity contribution in [3.05, 3.63) is 54.5 Å². The second-order valence-corrected chi connectivity index (χ2v) is 4.73. The maximum Gasteiger partial charge on any atom is 0.117 e. The van der Waals surface area contributed by atoms with Crippen molar-refractivity contribution in [2.75, 3.05) is 18.0 Å². The topological polar surface area (TPSA) is 28.4 Å². The van der Waals surface area contributed by atoms with Gasteiger partial charge in [-0.1, -0.05) is 18.2 Å². The Labute approximate surface area is 107 Å². The molecule has 1 fully saturated rings. The van der Waals surface area contributed by atoms with E-state index in [1.54, 1.807) is 6.26 Å². The van der Waals surface area contributed by atoms with Crippen LogP contribution < -0.4 is 10.2 Å². The van der Waals surface area contributed by atoms with Crippen LogP contribution in [0.15, 0.2) is 53.1 Å². The van der Waals surface area contributed by atoms with Gasteiger partial charge in [0.1, 0.15) is 5.76 Å². The van der Waals surface area contributed by atoms with E-state index in [1.165, 1.54) is 12.1 Å². The highest BCUT2D eigenvalue weighted by Crippen LogP contribution is 2.19. The van der Waals surface area contributed by atoms with Crippen LogP contribution in [0.2, 0.25) is 0 Å². The lowest BCUT2D eigenvalue weighted by Gasteiger charge is -2.18. The molecule has 3 nitrogen and oxygen atoms in total. The Bertz CT molecular complexity index is 467. The van der Waals surface area contributed by atoms with Gasteiger partial charge in [-0.2, -0.15) is 0 Å². The number of furan rings is 1. The number of nitrogens with zero attached hydrogens (tertiary/aromatic N) is 1. The molecule has 0 bridgehead atoms. The van der Waals surface area contributed by atoms with Crippen molar-refractivity contribution < 1.29 is 4.42 Å². The van der Waals surface area contributed by atoms with E-state index in [9.17, 15) is 0 Å². The summed E-state index contributed by atoms with van der Waals surface area (Å²) in [7, 11) is 0. The normalized spacial score (nSPS) is 19.3. The average molecular weight is 242 g/mol. The Morgan fingerprint density at radius 3 is 2.83 bits per heavy atom. The van der Waals surface area contributed by atoms with Gasteiger partial charge in [-0.25, -0.2) is 0 Å². The van der Waals surface area contributed by atoms with Gasteiger partial charge in [0.15, 0.2) is 0 Å². The van der Waals surface area contributed by atoms with Crippen LogP contribution in [-0.2, 0) is 6.54 Å². The van der Waals surface area contributed by atoms with Gasteiger partial charge in [0.05, 0.1) is 12.8 Å². The molecule has 1 saturated heterocycles. The number of nitrogens with one attached hydrogen (secondary N) is 1. The molecule has 0 radical (unpaired) electrons. The predicted octanol–water partition coefficient (Wildman–Crippen LogP) is 2.65. The molecule has 1 atom stereocenters. The summed E-state index contributed by atoms with van der Waals surface area (Å²) in [5.41, 5.74) is 1.32. The van der Waals surface area contributed by atoms with Crippen molar-refractivity contribution in [1.29, 1.82) is 0 Å². The first-order valence-corrected chi connectivity index (χ1v) is 6.47. The molecule has 94 valence electrons. The van der Waals surface area contributed by atoms with E-state index in [0.717, 1.165) is 25.4 Å². The summed E-state index contributed by atoms with van der Waals surface area (Å²) in [6, 6.07) is 15.1. The molecular formula is C15H18N2O. The summed E-state index contributed by atoms with van der Waals surface area (Å²) >= 11 is 0. The maximum absolute atomic E-state index is 5.33. The zero-order valence-corrected chi connectivity index (χ0v) is 10.4. The lowest BCUT2D eigenvalue weighted by molar-refractivity contribution is 0.455. The van der Waals surface area contributed by atoms with Crippen molar-refractivity contribution in [1.82, 2.24) is 5.32 Å². The molecule has 1 N–H and O–H groups in total. The van der Waals surface area contributed by atoms with Gasteiger partial charge in [0.2, 0.25) is 0 Å². The summed E-state index contributed by atoms with van der Waals surface area (Å²) in [6.07, 6.45) is 2.91. The van der Waals surface area contributed by atoms with Crippen molar-refractivity contribution in [3.63, 3.8) is 0 Å². The minimum atomic E-state index is 0.551. The molecule has 2 heterocycles. The third-order valence-corrected chi connectivity index (χ3v) is 3.45. The number of rotatable bonds is 4. The second kappa shape index (κ2) is 5.27. The SMILES string of the molecule is c1ccc(N2CC[C@@H](NCc3ccco3)C2)cc1. The van der Waals surface area contributed by atoms with Crippen LogP contribution in [0, 0.1) is 0 Å². The number of para-hydroxylation sites is 1. The summed E-state index contributed by atoms with van der Waals surface area (Å²) in [6.45, 7) is 3.02. The van der Waals surface area contributed by atoms with E-state index in [4.69, 9.17) is 4.42 Å². The Morgan fingerprint density at radius 1 is 1.17 bits per heavy atom. The first-order valence-electron chi connectivity index (χ1n) is 6.47. The van der Waals surface area contributed by atoms with E-state index in [1.807, 2.05) is 12.1 Å². The van der Waals surface area contributed by atoms with E-state index < -0.39 is 0 Å². The minimum absolute atomic E-state index is 0.551. The van der Waals surface area contributed by atoms with E-state index in [0.29, 0.717) is 6.04 Å². The van der Waals surface area contributed by atoms with Gasteiger partial charge in [0, 0.05) is 24.8 Å². The molecule has 0 amide bonds. The highest BCUT2D eigenvalue weighted by Gasteiger charge is 2.22. The van der Waals surface area contributed by atoms with Crippen LogP contribution in [0.25, 0.3) is 0 Å². The highest BCUT2D eigenvalue weighted by molar-refractivity contribution is 5.47. The summed E-state index contributed by atoms with van der Waals surface area (Å²) in [5, 5.41) is 3.55. The molecule has 1 aliphatic rings. The molecule has 0 aliphatic carbocycles. The van der Waals surface area contributed by atoms with Crippen LogP contribution in [0.5, 0.6) is 0 Å². The van der Waals surface area contributed by atoms with Crippen molar-refractivity contribution >= 4 is 5.69 Å². The molecular weight excluding hydrogens is 224 g/mol. The van der Waals surface area contributed by atoms with Gasteiger partial charge >= 0.3 is 0 Å². The Morgan fingerprint density at radius 2 is 2.06 bits per heavy atom. The first kappa shape index (κ1) is 11.4. The molecule has 1 aromatic heterocycles. The predicted molar refractivity (Wildman–Crippen MR) is 72.6 cm³/mol. The Balaban J connectivity index is 1.53. The van der Waals surface area contributed by atoms with Gasteiger partial charge < -0.3 is 14.6 Å². The van der Waals surface area contributed by atoms with Crippen molar-refractivity contribution in [2.24, 2.45) is 0 Å². The fraction of sp³-hybridized carbons (Fsp3) is 0.333. The average Bonchev–Trinajstić information content (AvgIpc) is 3.09. The smallest absolute Gasteiger partial charge is 0.117 e. The zero-order chi connectivity index (χ0) is 12.2. The molecule has 3 rings (SSSR count). The van der Waals surface area contributed by atoms with Gasteiger partial charge in [-0.3, -0.25) is 0 Å². The fourth-order valence-electron chi connectivity index (χ4n) is 2.46.